The van der Waals surface area contributed by atoms with Gasteiger partial charge in [-0.1, -0.05) is 24.3 Å². The minimum absolute atomic E-state index is 0.0400. The summed E-state index contributed by atoms with van der Waals surface area (Å²) in [5.74, 6) is -0.103. The summed E-state index contributed by atoms with van der Waals surface area (Å²) in [5.41, 5.74) is 2.98. The first-order chi connectivity index (χ1) is 12.0. The van der Waals surface area contributed by atoms with Crippen molar-refractivity contribution in [2.24, 2.45) is 0 Å². The monoisotopic (exact) mass is 340 g/mol. The molecule has 0 aliphatic heterocycles. The summed E-state index contributed by atoms with van der Waals surface area (Å²) >= 11 is 0. The Bertz CT molecular complexity index is 828. The number of amides is 1. The second kappa shape index (κ2) is 7.09. The topological polar surface area (TPSA) is 58.4 Å². The van der Waals surface area contributed by atoms with E-state index in [0.29, 0.717) is 0 Å². The molecule has 0 radical (unpaired) electrons. The first-order valence-electron chi connectivity index (χ1n) is 8.55. The molecule has 1 amide bonds. The van der Waals surface area contributed by atoms with E-state index in [1.807, 2.05) is 38.2 Å². The van der Waals surface area contributed by atoms with Gasteiger partial charge in [-0.05, 0) is 30.4 Å². The molecule has 3 rings (SSSR count). The molecule has 6 heteroatoms. The average molecular weight is 340 g/mol. The van der Waals surface area contributed by atoms with Gasteiger partial charge in [-0.15, -0.1) is 0 Å². The highest BCUT2D eigenvalue weighted by Gasteiger charge is 2.26. The van der Waals surface area contributed by atoms with Crippen molar-refractivity contribution in [1.29, 1.82) is 0 Å². The fourth-order valence-corrected chi connectivity index (χ4v) is 3.33. The van der Waals surface area contributed by atoms with Crippen molar-refractivity contribution in [2.45, 2.75) is 31.8 Å². The van der Waals surface area contributed by atoms with Gasteiger partial charge in [-0.25, -0.2) is 4.68 Å². The van der Waals surface area contributed by atoms with Gasteiger partial charge in [0.15, 0.2) is 0 Å². The molecule has 0 bridgehead atoms. The van der Waals surface area contributed by atoms with E-state index in [2.05, 4.69) is 17.2 Å². The fourth-order valence-electron chi connectivity index (χ4n) is 3.33. The van der Waals surface area contributed by atoms with Crippen molar-refractivity contribution >= 4 is 11.6 Å². The van der Waals surface area contributed by atoms with Gasteiger partial charge in [0, 0.05) is 27.2 Å². The molecule has 0 saturated carbocycles. The van der Waals surface area contributed by atoms with E-state index >= 15 is 0 Å². The van der Waals surface area contributed by atoms with E-state index in [0.717, 1.165) is 24.9 Å². The Balaban J connectivity index is 1.77. The van der Waals surface area contributed by atoms with Crippen LogP contribution in [0.4, 0.5) is 5.69 Å². The minimum Gasteiger partial charge on any atom is -0.376 e. The molecule has 1 aromatic heterocycles. The average Bonchev–Trinajstić information content (AvgIpc) is 2.62. The van der Waals surface area contributed by atoms with E-state index in [1.54, 1.807) is 11.1 Å². The summed E-state index contributed by atoms with van der Waals surface area (Å²) in [6.45, 7) is -0.0400. The van der Waals surface area contributed by atoms with Gasteiger partial charge in [0.2, 0.25) is 5.91 Å². The molecule has 0 fully saturated rings. The van der Waals surface area contributed by atoms with Gasteiger partial charge in [0.05, 0.1) is 17.9 Å². The lowest BCUT2D eigenvalue weighted by molar-refractivity contribution is -0.133. The third-order valence-corrected chi connectivity index (χ3v) is 4.86. The molecule has 132 valence electrons. The number of aryl methyl sites for hydroxylation is 1. The standard InChI is InChI=1S/C19H24N4O2/c1-21(2)15-11-18(24)23(20-12-15)13-19(25)22(3)17-10-6-8-14-7-4-5-9-16(14)17/h4-5,7,9,11-12,17H,6,8,10,13H2,1-3H3/t17-/m1/s1. The van der Waals surface area contributed by atoms with Crippen LogP contribution in [0.15, 0.2) is 41.3 Å². The lowest BCUT2D eigenvalue weighted by Crippen LogP contribution is -2.38. The Morgan fingerprint density at radius 2 is 2.04 bits per heavy atom. The van der Waals surface area contributed by atoms with E-state index in [-0.39, 0.29) is 24.1 Å². The molecule has 0 unspecified atom stereocenters. The SMILES string of the molecule is CN(C)c1cnn(CC(=O)N(C)[C@@H]2CCCc3ccccc32)c(=O)c1. The maximum absolute atomic E-state index is 12.7. The molecule has 0 spiro atoms. The fraction of sp³-hybridized carbons (Fsp3) is 0.421. The number of rotatable bonds is 4. The number of anilines is 1. The maximum Gasteiger partial charge on any atom is 0.269 e. The van der Waals surface area contributed by atoms with Crippen molar-refractivity contribution in [1.82, 2.24) is 14.7 Å². The number of carbonyl (C=O) groups is 1. The molecule has 25 heavy (non-hydrogen) atoms. The molecular weight excluding hydrogens is 316 g/mol. The van der Waals surface area contributed by atoms with Crippen LogP contribution in [0.5, 0.6) is 0 Å². The predicted octanol–water partition coefficient (Wildman–Crippen LogP) is 1.85. The van der Waals surface area contributed by atoms with E-state index in [4.69, 9.17) is 0 Å². The quantitative estimate of drug-likeness (QED) is 0.852. The number of hydrogen-bond acceptors (Lipinski definition) is 4. The largest absolute Gasteiger partial charge is 0.376 e. The maximum atomic E-state index is 12.7. The highest BCUT2D eigenvalue weighted by atomic mass is 16.2. The van der Waals surface area contributed by atoms with Gasteiger partial charge >= 0.3 is 0 Å². The zero-order valence-electron chi connectivity index (χ0n) is 15.0. The molecule has 1 heterocycles. The van der Waals surface area contributed by atoms with Crippen LogP contribution in [0.3, 0.4) is 0 Å². The van der Waals surface area contributed by atoms with E-state index < -0.39 is 0 Å². The molecule has 1 atom stereocenters. The summed E-state index contributed by atoms with van der Waals surface area (Å²) in [4.78, 5) is 28.5. The number of benzene rings is 1. The molecule has 1 aliphatic rings. The van der Waals surface area contributed by atoms with Crippen LogP contribution < -0.4 is 10.5 Å². The molecule has 6 nitrogen and oxygen atoms in total. The number of carbonyl (C=O) groups excluding carboxylic acids is 1. The molecule has 0 saturated heterocycles. The first-order valence-corrected chi connectivity index (χ1v) is 8.55. The third-order valence-electron chi connectivity index (χ3n) is 4.86. The molecule has 0 N–H and O–H groups in total. The Morgan fingerprint density at radius 3 is 2.76 bits per heavy atom. The molecular formula is C19H24N4O2. The van der Waals surface area contributed by atoms with Gasteiger partial charge in [0.25, 0.3) is 5.56 Å². The zero-order chi connectivity index (χ0) is 18.0. The van der Waals surface area contributed by atoms with E-state index in [9.17, 15) is 9.59 Å². The molecule has 1 aliphatic carbocycles. The zero-order valence-corrected chi connectivity index (χ0v) is 15.0. The second-order valence-corrected chi connectivity index (χ2v) is 6.72. The minimum atomic E-state index is -0.267. The number of hydrogen-bond donors (Lipinski definition) is 0. The van der Waals surface area contributed by atoms with Crippen LogP contribution >= 0.6 is 0 Å². The highest BCUT2D eigenvalue weighted by molar-refractivity contribution is 5.76. The van der Waals surface area contributed by atoms with Crippen molar-refractivity contribution in [3.63, 3.8) is 0 Å². The highest BCUT2D eigenvalue weighted by Crippen LogP contribution is 2.33. The van der Waals surface area contributed by atoms with E-state index in [1.165, 1.54) is 21.9 Å². The number of nitrogens with zero attached hydrogens (tertiary/aromatic N) is 4. The van der Waals surface area contributed by atoms with Crippen LogP contribution in [0.25, 0.3) is 0 Å². The Kier molecular flexibility index (Phi) is 4.88. The lowest BCUT2D eigenvalue weighted by Gasteiger charge is -2.33. The summed E-state index contributed by atoms with van der Waals surface area (Å²) in [5, 5.41) is 4.13. The number of fused-ring (bicyclic) bond motifs is 1. The smallest absolute Gasteiger partial charge is 0.269 e. The molecule has 1 aromatic carbocycles. The van der Waals surface area contributed by atoms with Crippen molar-refractivity contribution in [2.75, 3.05) is 26.0 Å². The van der Waals surface area contributed by atoms with Gasteiger partial charge < -0.3 is 9.80 Å². The van der Waals surface area contributed by atoms with Gasteiger partial charge in [-0.2, -0.15) is 5.10 Å². The van der Waals surface area contributed by atoms with Crippen LogP contribution in [0.1, 0.15) is 30.0 Å². The Morgan fingerprint density at radius 1 is 1.28 bits per heavy atom. The summed E-state index contributed by atoms with van der Waals surface area (Å²) in [6, 6.07) is 9.84. The van der Waals surface area contributed by atoms with Crippen molar-refractivity contribution < 1.29 is 4.79 Å². The van der Waals surface area contributed by atoms with Gasteiger partial charge in [-0.3, -0.25) is 9.59 Å². The summed E-state index contributed by atoms with van der Waals surface area (Å²) < 4.78 is 1.22. The van der Waals surface area contributed by atoms with Crippen molar-refractivity contribution in [3.05, 3.63) is 58.0 Å². The number of aromatic nitrogens is 2. The second-order valence-electron chi connectivity index (χ2n) is 6.72. The van der Waals surface area contributed by atoms with Crippen molar-refractivity contribution in [3.8, 4) is 0 Å². The predicted molar refractivity (Wildman–Crippen MR) is 97.7 cm³/mol. The lowest BCUT2D eigenvalue weighted by atomic mass is 9.87. The normalized spacial score (nSPS) is 16.2. The van der Waals surface area contributed by atoms with Gasteiger partial charge in [0.1, 0.15) is 6.54 Å². The van der Waals surface area contributed by atoms with Crippen LogP contribution in [-0.2, 0) is 17.8 Å². The third kappa shape index (κ3) is 3.57. The Labute approximate surface area is 147 Å². The summed E-state index contributed by atoms with van der Waals surface area (Å²) in [6.07, 6.45) is 4.67. The number of likely N-dealkylation sites (N-methyl/N-ethyl adjacent to an activating group) is 1. The van der Waals surface area contributed by atoms with Crippen LogP contribution in [0, 0.1) is 0 Å². The first kappa shape index (κ1) is 17.2. The Hall–Kier alpha value is -2.63. The molecule has 2 aromatic rings. The van der Waals surface area contributed by atoms with Crippen LogP contribution in [-0.4, -0.2) is 41.7 Å². The van der Waals surface area contributed by atoms with Crippen LogP contribution in [0.2, 0.25) is 0 Å². The summed E-state index contributed by atoms with van der Waals surface area (Å²) in [7, 11) is 5.51.